The molecule has 1 aromatic carbocycles. The minimum absolute atomic E-state index is 0. The molecule has 15 heavy (non-hydrogen) atoms. The van der Waals surface area contributed by atoms with E-state index in [9.17, 15) is 4.39 Å². The van der Waals surface area contributed by atoms with Crippen LogP contribution in [-0.4, -0.2) is 24.8 Å². The fourth-order valence-electron chi connectivity index (χ4n) is 2.06. The molecular weight excluding hydrogens is 217 g/mol. The second-order valence-corrected chi connectivity index (χ2v) is 3.73. The Morgan fingerprint density at radius 3 is 2.73 bits per heavy atom. The Morgan fingerprint density at radius 2 is 2.07 bits per heavy atom. The second-order valence-electron chi connectivity index (χ2n) is 3.73. The highest BCUT2D eigenvalue weighted by Gasteiger charge is 2.29. The molecular formula is C11H15ClFNO. The monoisotopic (exact) mass is 231 g/mol. The Morgan fingerprint density at radius 1 is 1.33 bits per heavy atom. The van der Waals surface area contributed by atoms with E-state index in [1.54, 1.807) is 12.1 Å². The van der Waals surface area contributed by atoms with Gasteiger partial charge in [0.15, 0.2) is 0 Å². The number of halogens is 2. The average molecular weight is 232 g/mol. The molecule has 2 N–H and O–H groups in total. The molecule has 2 atom stereocenters. The van der Waals surface area contributed by atoms with Gasteiger partial charge in [0.25, 0.3) is 0 Å². The van der Waals surface area contributed by atoms with Crippen LogP contribution in [0.4, 0.5) is 4.39 Å². The van der Waals surface area contributed by atoms with E-state index in [2.05, 4.69) is 5.32 Å². The summed E-state index contributed by atoms with van der Waals surface area (Å²) >= 11 is 0. The van der Waals surface area contributed by atoms with E-state index in [0.717, 1.165) is 18.7 Å². The minimum Gasteiger partial charge on any atom is -0.396 e. The van der Waals surface area contributed by atoms with E-state index in [1.807, 2.05) is 6.07 Å². The smallest absolute Gasteiger partial charge is 0.126 e. The molecule has 0 saturated carbocycles. The van der Waals surface area contributed by atoms with Crippen molar-refractivity contribution in [2.75, 3.05) is 19.7 Å². The summed E-state index contributed by atoms with van der Waals surface area (Å²) in [6.45, 7) is 1.65. The van der Waals surface area contributed by atoms with E-state index in [0.29, 0.717) is 0 Å². The number of nitrogens with one attached hydrogen (secondary N) is 1. The maximum Gasteiger partial charge on any atom is 0.126 e. The van der Waals surface area contributed by atoms with Crippen LogP contribution in [0.25, 0.3) is 0 Å². The van der Waals surface area contributed by atoms with Gasteiger partial charge in [-0.2, -0.15) is 0 Å². The second kappa shape index (κ2) is 5.45. The van der Waals surface area contributed by atoms with E-state index in [1.165, 1.54) is 6.07 Å². The van der Waals surface area contributed by atoms with Crippen molar-refractivity contribution in [1.29, 1.82) is 0 Å². The fraction of sp³-hybridized carbons (Fsp3) is 0.455. The molecule has 1 fully saturated rings. The molecule has 0 aromatic heterocycles. The third kappa shape index (κ3) is 2.48. The number of aliphatic hydroxyl groups excluding tert-OH is 1. The van der Waals surface area contributed by atoms with Gasteiger partial charge in [-0.25, -0.2) is 4.39 Å². The summed E-state index contributed by atoms with van der Waals surface area (Å²) in [4.78, 5) is 0. The Labute approximate surface area is 94.9 Å². The summed E-state index contributed by atoms with van der Waals surface area (Å²) in [6, 6.07) is 6.80. The molecule has 0 radical (unpaired) electrons. The van der Waals surface area contributed by atoms with Crippen LogP contribution in [0.3, 0.4) is 0 Å². The lowest BCUT2D eigenvalue weighted by atomic mass is 9.89. The highest BCUT2D eigenvalue weighted by atomic mass is 35.5. The van der Waals surface area contributed by atoms with Gasteiger partial charge in [0.1, 0.15) is 5.82 Å². The van der Waals surface area contributed by atoms with Crippen molar-refractivity contribution in [1.82, 2.24) is 5.32 Å². The van der Waals surface area contributed by atoms with Crippen LogP contribution in [0.2, 0.25) is 0 Å². The quantitative estimate of drug-likeness (QED) is 0.810. The summed E-state index contributed by atoms with van der Waals surface area (Å²) in [5, 5.41) is 12.3. The molecule has 2 unspecified atom stereocenters. The van der Waals surface area contributed by atoms with Crippen LogP contribution in [0.15, 0.2) is 24.3 Å². The zero-order chi connectivity index (χ0) is 9.97. The van der Waals surface area contributed by atoms with Gasteiger partial charge >= 0.3 is 0 Å². The Kier molecular flexibility index (Phi) is 4.51. The van der Waals surface area contributed by atoms with Crippen molar-refractivity contribution in [3.63, 3.8) is 0 Å². The number of hydrogen-bond acceptors (Lipinski definition) is 2. The number of aliphatic hydroxyl groups is 1. The van der Waals surface area contributed by atoms with E-state index >= 15 is 0 Å². The maximum atomic E-state index is 13.4. The van der Waals surface area contributed by atoms with Gasteiger partial charge in [0.05, 0.1) is 0 Å². The zero-order valence-corrected chi connectivity index (χ0v) is 9.14. The third-order valence-electron chi connectivity index (χ3n) is 2.88. The summed E-state index contributed by atoms with van der Waals surface area (Å²) in [7, 11) is 0. The first kappa shape index (κ1) is 12.4. The van der Waals surface area contributed by atoms with Gasteiger partial charge in [-0.05, 0) is 11.6 Å². The highest BCUT2D eigenvalue weighted by Crippen LogP contribution is 2.29. The molecule has 1 heterocycles. The first-order chi connectivity index (χ1) is 6.83. The van der Waals surface area contributed by atoms with Gasteiger partial charge in [0.2, 0.25) is 0 Å². The molecule has 1 aromatic rings. The lowest BCUT2D eigenvalue weighted by Crippen LogP contribution is -2.15. The van der Waals surface area contributed by atoms with Crippen molar-refractivity contribution >= 4 is 12.4 Å². The summed E-state index contributed by atoms with van der Waals surface area (Å²) in [6.07, 6.45) is 0. The van der Waals surface area contributed by atoms with Crippen molar-refractivity contribution in [3.05, 3.63) is 35.6 Å². The SMILES string of the molecule is Cl.OCC1CNCC1c1ccccc1F. The lowest BCUT2D eigenvalue weighted by Gasteiger charge is -2.16. The first-order valence-electron chi connectivity index (χ1n) is 4.89. The molecule has 4 heteroatoms. The van der Waals surface area contributed by atoms with Crippen LogP contribution < -0.4 is 5.32 Å². The Balaban J connectivity index is 0.00000112. The van der Waals surface area contributed by atoms with Crippen molar-refractivity contribution in [3.8, 4) is 0 Å². The van der Waals surface area contributed by atoms with Gasteiger partial charge in [-0.1, -0.05) is 18.2 Å². The highest BCUT2D eigenvalue weighted by molar-refractivity contribution is 5.85. The van der Waals surface area contributed by atoms with Crippen molar-refractivity contribution < 1.29 is 9.50 Å². The molecule has 1 aliphatic heterocycles. The zero-order valence-electron chi connectivity index (χ0n) is 8.32. The van der Waals surface area contributed by atoms with E-state index in [4.69, 9.17) is 5.11 Å². The molecule has 2 rings (SSSR count). The van der Waals surface area contributed by atoms with Crippen molar-refractivity contribution in [2.45, 2.75) is 5.92 Å². The van der Waals surface area contributed by atoms with Crippen LogP contribution >= 0.6 is 12.4 Å². The van der Waals surface area contributed by atoms with Gasteiger partial charge in [0, 0.05) is 31.5 Å². The molecule has 0 spiro atoms. The summed E-state index contributed by atoms with van der Waals surface area (Å²) in [5.74, 6) is 0.0905. The minimum atomic E-state index is -0.167. The number of hydrogen-bond donors (Lipinski definition) is 2. The molecule has 0 bridgehead atoms. The van der Waals surface area contributed by atoms with Crippen LogP contribution in [0, 0.1) is 11.7 Å². The third-order valence-corrected chi connectivity index (χ3v) is 2.88. The van der Waals surface area contributed by atoms with Crippen LogP contribution in [0.5, 0.6) is 0 Å². The average Bonchev–Trinajstić information content (AvgIpc) is 2.66. The molecule has 2 nitrogen and oxygen atoms in total. The molecule has 84 valence electrons. The Bertz CT molecular complexity index is 321. The lowest BCUT2D eigenvalue weighted by molar-refractivity contribution is 0.225. The Hall–Kier alpha value is -0.640. The molecule has 0 amide bonds. The van der Waals surface area contributed by atoms with Gasteiger partial charge in [-0.15, -0.1) is 12.4 Å². The predicted molar refractivity (Wildman–Crippen MR) is 59.8 cm³/mol. The topological polar surface area (TPSA) is 32.3 Å². The molecule has 1 aliphatic rings. The summed E-state index contributed by atoms with van der Waals surface area (Å²) in [5.41, 5.74) is 0.719. The van der Waals surface area contributed by atoms with Crippen LogP contribution in [-0.2, 0) is 0 Å². The first-order valence-corrected chi connectivity index (χ1v) is 4.89. The van der Waals surface area contributed by atoms with E-state index < -0.39 is 0 Å². The van der Waals surface area contributed by atoms with Crippen molar-refractivity contribution in [2.24, 2.45) is 5.92 Å². The number of rotatable bonds is 2. The maximum absolute atomic E-state index is 13.4. The number of benzene rings is 1. The van der Waals surface area contributed by atoms with Gasteiger partial charge in [-0.3, -0.25) is 0 Å². The molecule has 0 aliphatic carbocycles. The predicted octanol–water partition coefficient (Wildman–Crippen LogP) is 1.54. The molecule has 1 saturated heterocycles. The normalized spacial score (nSPS) is 24.9. The van der Waals surface area contributed by atoms with Gasteiger partial charge < -0.3 is 10.4 Å². The standard InChI is InChI=1S/C11H14FNO.ClH/c12-11-4-2-1-3-9(11)10-6-13-5-8(10)7-14;/h1-4,8,10,13-14H,5-7H2;1H. The largest absolute Gasteiger partial charge is 0.396 e. The summed E-state index contributed by atoms with van der Waals surface area (Å²) < 4.78 is 13.4. The van der Waals surface area contributed by atoms with Crippen LogP contribution in [0.1, 0.15) is 11.5 Å². The van der Waals surface area contributed by atoms with E-state index in [-0.39, 0.29) is 36.7 Å². The fourth-order valence-corrected chi connectivity index (χ4v) is 2.06.